The highest BCUT2D eigenvalue weighted by atomic mass is 19.1. The molecule has 4 nitrogen and oxygen atoms in total. The molecule has 0 radical (unpaired) electrons. The number of benzene rings is 2. The SMILES string of the molecule is C[C@@H]1CN(C(=O)[C@@H]2CN(C(C)(C)C)C[C@H]2c2ccc(F)cc2F)C[C@H](C)N1c1ccccc1. The summed E-state index contributed by atoms with van der Waals surface area (Å²) in [5.41, 5.74) is 1.46. The van der Waals surface area contributed by atoms with E-state index in [0.717, 1.165) is 11.8 Å². The third-order valence-electron chi connectivity index (χ3n) is 7.23. The molecule has 178 valence electrons. The Bertz CT molecular complexity index is 979. The van der Waals surface area contributed by atoms with Gasteiger partial charge in [0.05, 0.1) is 5.92 Å². The molecule has 2 aliphatic heterocycles. The van der Waals surface area contributed by atoms with Crippen LogP contribution in [0.15, 0.2) is 48.5 Å². The summed E-state index contributed by atoms with van der Waals surface area (Å²) in [7, 11) is 0. The minimum Gasteiger partial charge on any atom is -0.363 e. The lowest BCUT2D eigenvalue weighted by Gasteiger charge is -2.46. The molecule has 0 saturated carbocycles. The van der Waals surface area contributed by atoms with Gasteiger partial charge in [-0.1, -0.05) is 24.3 Å². The average Bonchev–Trinajstić information content (AvgIpc) is 3.19. The van der Waals surface area contributed by atoms with Gasteiger partial charge in [-0.15, -0.1) is 0 Å². The highest BCUT2D eigenvalue weighted by Crippen LogP contribution is 2.39. The van der Waals surface area contributed by atoms with Crippen LogP contribution in [0.25, 0.3) is 0 Å². The molecule has 1 amide bonds. The predicted octanol–water partition coefficient (Wildman–Crippen LogP) is 4.90. The average molecular weight is 456 g/mol. The topological polar surface area (TPSA) is 26.8 Å². The normalized spacial score (nSPS) is 26.6. The van der Waals surface area contributed by atoms with E-state index in [1.165, 1.54) is 12.1 Å². The van der Waals surface area contributed by atoms with Gasteiger partial charge in [-0.3, -0.25) is 9.69 Å². The number of para-hydroxylation sites is 1. The molecule has 0 N–H and O–H groups in total. The highest BCUT2D eigenvalue weighted by molar-refractivity contribution is 5.81. The van der Waals surface area contributed by atoms with Crippen molar-refractivity contribution in [3.8, 4) is 0 Å². The van der Waals surface area contributed by atoms with E-state index in [0.29, 0.717) is 31.7 Å². The van der Waals surface area contributed by atoms with Crippen molar-refractivity contribution in [3.63, 3.8) is 0 Å². The van der Waals surface area contributed by atoms with Crippen LogP contribution in [-0.4, -0.2) is 59.5 Å². The van der Waals surface area contributed by atoms with Crippen molar-refractivity contribution in [1.82, 2.24) is 9.80 Å². The maximum atomic E-state index is 14.8. The Morgan fingerprint density at radius 1 is 0.909 bits per heavy atom. The van der Waals surface area contributed by atoms with Crippen LogP contribution in [0, 0.1) is 17.6 Å². The Morgan fingerprint density at radius 2 is 1.55 bits per heavy atom. The molecular weight excluding hydrogens is 420 g/mol. The van der Waals surface area contributed by atoms with Crippen LogP contribution >= 0.6 is 0 Å². The van der Waals surface area contributed by atoms with Gasteiger partial charge in [-0.25, -0.2) is 8.78 Å². The number of rotatable bonds is 3. The minimum absolute atomic E-state index is 0.0712. The van der Waals surface area contributed by atoms with E-state index in [2.05, 4.69) is 56.6 Å². The third-order valence-corrected chi connectivity index (χ3v) is 7.23. The number of nitrogens with zero attached hydrogens (tertiary/aromatic N) is 3. The molecule has 0 unspecified atom stereocenters. The molecule has 2 saturated heterocycles. The van der Waals surface area contributed by atoms with Crippen molar-refractivity contribution in [2.45, 2.75) is 58.2 Å². The lowest BCUT2D eigenvalue weighted by Crippen LogP contribution is -2.59. The Kier molecular flexibility index (Phi) is 6.50. The number of carbonyl (C=O) groups excluding carboxylic acids is 1. The Hall–Kier alpha value is -2.47. The standard InChI is InChI=1S/C27H35F2N3O/c1-18-14-30(15-19(2)32(18)21-9-7-6-8-10-21)26(33)24-17-31(27(3,4)5)16-23(24)22-12-11-20(28)13-25(22)29/h6-13,18-19,23-24H,14-17H2,1-5H3/t18-,19+,23-,24+/m0/s1. The summed E-state index contributed by atoms with van der Waals surface area (Å²) in [6, 6.07) is 14.4. The van der Waals surface area contributed by atoms with Gasteiger partial charge in [-0.05, 0) is 58.4 Å². The molecule has 2 heterocycles. The van der Waals surface area contributed by atoms with Crippen molar-refractivity contribution < 1.29 is 13.6 Å². The van der Waals surface area contributed by atoms with Crippen molar-refractivity contribution in [2.24, 2.45) is 5.92 Å². The number of anilines is 1. The van der Waals surface area contributed by atoms with Crippen molar-refractivity contribution in [3.05, 3.63) is 65.7 Å². The quantitative estimate of drug-likeness (QED) is 0.658. The number of hydrogen-bond donors (Lipinski definition) is 0. The first-order valence-corrected chi connectivity index (χ1v) is 11.9. The number of piperazine rings is 1. The second-order valence-electron chi connectivity index (χ2n) is 10.6. The summed E-state index contributed by atoms with van der Waals surface area (Å²) in [5.74, 6) is -1.74. The zero-order valence-electron chi connectivity index (χ0n) is 20.3. The van der Waals surface area contributed by atoms with E-state index in [1.807, 2.05) is 23.1 Å². The van der Waals surface area contributed by atoms with Gasteiger partial charge in [0.2, 0.25) is 5.91 Å². The van der Waals surface area contributed by atoms with Gasteiger partial charge in [0, 0.05) is 61.5 Å². The van der Waals surface area contributed by atoms with Gasteiger partial charge in [0.25, 0.3) is 0 Å². The number of likely N-dealkylation sites (tertiary alicyclic amines) is 1. The molecule has 4 rings (SSSR count). The molecule has 0 aliphatic carbocycles. The van der Waals surface area contributed by atoms with Crippen LogP contribution in [0.5, 0.6) is 0 Å². The molecule has 0 bridgehead atoms. The fourth-order valence-corrected chi connectivity index (χ4v) is 5.57. The van der Waals surface area contributed by atoms with E-state index in [-0.39, 0.29) is 35.4 Å². The number of amides is 1. The molecule has 0 aromatic heterocycles. The first-order chi connectivity index (χ1) is 15.6. The van der Waals surface area contributed by atoms with Crippen LogP contribution in [0.4, 0.5) is 14.5 Å². The molecule has 6 heteroatoms. The molecular formula is C27H35F2N3O. The summed E-state index contributed by atoms with van der Waals surface area (Å²) in [4.78, 5) is 20.4. The van der Waals surface area contributed by atoms with Crippen molar-refractivity contribution in [1.29, 1.82) is 0 Å². The van der Waals surface area contributed by atoms with E-state index in [4.69, 9.17) is 0 Å². The Labute approximate surface area is 196 Å². The number of halogens is 2. The number of carbonyl (C=O) groups is 1. The number of hydrogen-bond acceptors (Lipinski definition) is 3. The maximum Gasteiger partial charge on any atom is 0.227 e. The fraction of sp³-hybridized carbons (Fsp3) is 0.519. The summed E-state index contributed by atoms with van der Waals surface area (Å²) in [6.45, 7) is 13.0. The molecule has 2 aromatic rings. The summed E-state index contributed by atoms with van der Waals surface area (Å²) >= 11 is 0. The van der Waals surface area contributed by atoms with E-state index in [1.54, 1.807) is 0 Å². The first-order valence-electron chi connectivity index (χ1n) is 11.9. The second-order valence-corrected chi connectivity index (χ2v) is 10.6. The van der Waals surface area contributed by atoms with Crippen LogP contribution < -0.4 is 4.90 Å². The van der Waals surface area contributed by atoms with E-state index in [9.17, 15) is 13.6 Å². The van der Waals surface area contributed by atoms with Crippen LogP contribution in [0.1, 0.15) is 46.1 Å². The zero-order valence-corrected chi connectivity index (χ0v) is 20.3. The molecule has 4 atom stereocenters. The minimum atomic E-state index is -0.593. The molecule has 0 spiro atoms. The third kappa shape index (κ3) is 4.77. The van der Waals surface area contributed by atoms with Crippen LogP contribution in [-0.2, 0) is 4.79 Å². The smallest absolute Gasteiger partial charge is 0.227 e. The summed E-state index contributed by atoms with van der Waals surface area (Å²) in [5, 5.41) is 0. The monoisotopic (exact) mass is 455 g/mol. The van der Waals surface area contributed by atoms with Gasteiger partial charge in [-0.2, -0.15) is 0 Å². The van der Waals surface area contributed by atoms with Gasteiger partial charge in [0.15, 0.2) is 0 Å². The van der Waals surface area contributed by atoms with E-state index < -0.39 is 11.6 Å². The molecule has 2 aliphatic rings. The van der Waals surface area contributed by atoms with E-state index >= 15 is 0 Å². The maximum absolute atomic E-state index is 14.8. The van der Waals surface area contributed by atoms with Crippen molar-refractivity contribution in [2.75, 3.05) is 31.1 Å². The van der Waals surface area contributed by atoms with Gasteiger partial charge < -0.3 is 9.80 Å². The van der Waals surface area contributed by atoms with Gasteiger partial charge >= 0.3 is 0 Å². The van der Waals surface area contributed by atoms with Crippen LogP contribution in [0.3, 0.4) is 0 Å². The lowest BCUT2D eigenvalue weighted by molar-refractivity contribution is -0.137. The Morgan fingerprint density at radius 3 is 2.12 bits per heavy atom. The largest absolute Gasteiger partial charge is 0.363 e. The molecule has 33 heavy (non-hydrogen) atoms. The molecule has 2 aromatic carbocycles. The summed E-state index contributed by atoms with van der Waals surface area (Å²) in [6.07, 6.45) is 0. The summed E-state index contributed by atoms with van der Waals surface area (Å²) < 4.78 is 28.4. The zero-order chi connectivity index (χ0) is 23.9. The molecule has 2 fully saturated rings. The lowest BCUT2D eigenvalue weighted by atomic mass is 9.87. The predicted molar refractivity (Wildman–Crippen MR) is 128 cm³/mol. The second kappa shape index (κ2) is 9.05. The van der Waals surface area contributed by atoms with Crippen molar-refractivity contribution >= 4 is 11.6 Å². The van der Waals surface area contributed by atoms with Gasteiger partial charge in [0.1, 0.15) is 11.6 Å². The Balaban J connectivity index is 1.58. The van der Waals surface area contributed by atoms with Crippen LogP contribution in [0.2, 0.25) is 0 Å². The highest BCUT2D eigenvalue weighted by Gasteiger charge is 2.45. The first kappa shape index (κ1) is 23.7. The fourth-order valence-electron chi connectivity index (χ4n) is 5.57.